The number of nitrogens with one attached hydrogen (secondary N) is 1. The van der Waals surface area contributed by atoms with Crippen molar-refractivity contribution in [2.45, 2.75) is 13.8 Å². The number of likely N-dealkylation sites (tertiary alicyclic amines) is 1. The number of hydrogen-bond acceptors (Lipinski definition) is 3. The lowest BCUT2D eigenvalue weighted by molar-refractivity contribution is -0.142. The molecule has 0 spiro atoms. The van der Waals surface area contributed by atoms with E-state index < -0.39 is 11.9 Å². The number of carboxylic acid groups (broad SMARTS) is 1. The molecule has 2 N–H and O–H groups in total. The van der Waals surface area contributed by atoms with E-state index in [0.29, 0.717) is 18.8 Å². The van der Waals surface area contributed by atoms with Crippen LogP contribution in [0.2, 0.25) is 0 Å². The maximum absolute atomic E-state index is 12.1. The second-order valence-corrected chi connectivity index (χ2v) is 5.21. The normalized spacial score (nSPS) is 21.1. The zero-order valence-electron chi connectivity index (χ0n) is 12.2. The molecule has 0 aromatic heterocycles. The van der Waals surface area contributed by atoms with Crippen molar-refractivity contribution in [2.24, 2.45) is 11.8 Å². The van der Waals surface area contributed by atoms with Crippen LogP contribution >= 0.6 is 0 Å². The van der Waals surface area contributed by atoms with Gasteiger partial charge in [0.1, 0.15) is 5.75 Å². The van der Waals surface area contributed by atoms with E-state index in [0.717, 1.165) is 5.75 Å². The zero-order chi connectivity index (χ0) is 15.4. The molecule has 1 aliphatic rings. The highest BCUT2D eigenvalue weighted by atomic mass is 16.5. The molecule has 21 heavy (non-hydrogen) atoms. The van der Waals surface area contributed by atoms with Crippen LogP contribution in [0.15, 0.2) is 24.3 Å². The van der Waals surface area contributed by atoms with E-state index in [1.165, 1.54) is 0 Å². The van der Waals surface area contributed by atoms with E-state index in [1.54, 1.807) is 29.2 Å². The quantitative estimate of drug-likeness (QED) is 0.892. The summed E-state index contributed by atoms with van der Waals surface area (Å²) < 4.78 is 5.33. The van der Waals surface area contributed by atoms with Crippen LogP contribution < -0.4 is 10.1 Å². The van der Waals surface area contributed by atoms with Gasteiger partial charge in [0, 0.05) is 18.8 Å². The van der Waals surface area contributed by atoms with Crippen LogP contribution in [0.5, 0.6) is 5.75 Å². The summed E-state index contributed by atoms with van der Waals surface area (Å²) in [5, 5.41) is 11.9. The lowest BCUT2D eigenvalue weighted by Crippen LogP contribution is -2.33. The predicted octanol–water partition coefficient (Wildman–Crippen LogP) is 2.27. The van der Waals surface area contributed by atoms with Gasteiger partial charge in [0.25, 0.3) is 0 Å². The lowest BCUT2D eigenvalue weighted by Gasteiger charge is -2.17. The largest absolute Gasteiger partial charge is 0.494 e. The van der Waals surface area contributed by atoms with E-state index in [2.05, 4.69) is 5.32 Å². The average Bonchev–Trinajstić information content (AvgIpc) is 2.84. The van der Waals surface area contributed by atoms with Gasteiger partial charge in [0.2, 0.25) is 0 Å². The maximum Gasteiger partial charge on any atom is 0.321 e. The second kappa shape index (κ2) is 6.47. The van der Waals surface area contributed by atoms with Gasteiger partial charge in [-0.25, -0.2) is 4.79 Å². The zero-order valence-corrected chi connectivity index (χ0v) is 12.2. The molecule has 2 amide bonds. The minimum Gasteiger partial charge on any atom is -0.494 e. The molecule has 1 aromatic carbocycles. The molecule has 2 unspecified atom stereocenters. The van der Waals surface area contributed by atoms with Gasteiger partial charge in [-0.2, -0.15) is 0 Å². The first-order valence-electron chi connectivity index (χ1n) is 7.03. The third-order valence-electron chi connectivity index (χ3n) is 3.63. The summed E-state index contributed by atoms with van der Waals surface area (Å²) in [5.74, 6) is -0.625. The van der Waals surface area contributed by atoms with Gasteiger partial charge in [0.15, 0.2) is 0 Å². The highest BCUT2D eigenvalue weighted by Crippen LogP contribution is 2.24. The van der Waals surface area contributed by atoms with Crippen molar-refractivity contribution >= 4 is 17.7 Å². The first-order valence-corrected chi connectivity index (χ1v) is 7.03. The number of ether oxygens (including phenoxy) is 1. The third kappa shape index (κ3) is 3.65. The molecular weight excluding hydrogens is 272 g/mol. The monoisotopic (exact) mass is 292 g/mol. The number of urea groups is 1. The molecule has 1 fully saturated rings. The molecule has 0 radical (unpaired) electrons. The minimum atomic E-state index is -0.848. The number of carbonyl (C=O) groups excluding carboxylic acids is 1. The van der Waals surface area contributed by atoms with Crippen LogP contribution in [0.4, 0.5) is 10.5 Å². The maximum atomic E-state index is 12.1. The molecule has 1 aromatic rings. The molecule has 0 bridgehead atoms. The van der Waals surface area contributed by atoms with Gasteiger partial charge < -0.3 is 20.1 Å². The van der Waals surface area contributed by atoms with Crippen molar-refractivity contribution < 1.29 is 19.4 Å². The van der Waals surface area contributed by atoms with Crippen molar-refractivity contribution in [3.8, 4) is 5.75 Å². The molecule has 1 saturated heterocycles. The van der Waals surface area contributed by atoms with Crippen molar-refractivity contribution in [1.82, 2.24) is 4.90 Å². The standard InChI is InChI=1S/C15H20N2O4/c1-3-21-12-6-4-11(5-7-12)16-15(20)17-8-10(2)13(9-17)14(18)19/h4-7,10,13H,3,8-9H2,1-2H3,(H,16,20)(H,18,19). The number of carboxylic acids is 1. The summed E-state index contributed by atoms with van der Waals surface area (Å²) >= 11 is 0. The van der Waals surface area contributed by atoms with Gasteiger partial charge in [-0.05, 0) is 37.1 Å². The Kier molecular flexibility index (Phi) is 4.67. The Balaban J connectivity index is 1.94. The summed E-state index contributed by atoms with van der Waals surface area (Å²) in [7, 11) is 0. The van der Waals surface area contributed by atoms with Crippen molar-refractivity contribution in [2.75, 3.05) is 25.0 Å². The smallest absolute Gasteiger partial charge is 0.321 e. The Morgan fingerprint density at radius 2 is 2.00 bits per heavy atom. The Labute approximate surface area is 123 Å². The van der Waals surface area contributed by atoms with Crippen molar-refractivity contribution in [1.29, 1.82) is 0 Å². The molecule has 6 heteroatoms. The Hall–Kier alpha value is -2.24. The second-order valence-electron chi connectivity index (χ2n) is 5.21. The summed E-state index contributed by atoms with van der Waals surface area (Å²) in [6.07, 6.45) is 0. The van der Waals surface area contributed by atoms with Crippen LogP contribution in [0.1, 0.15) is 13.8 Å². The molecule has 2 atom stereocenters. The number of nitrogens with zero attached hydrogens (tertiary/aromatic N) is 1. The van der Waals surface area contributed by atoms with Crippen LogP contribution in [0, 0.1) is 11.8 Å². The Morgan fingerprint density at radius 3 is 2.52 bits per heavy atom. The number of aliphatic carboxylic acids is 1. The minimum absolute atomic E-state index is 0.0337. The van der Waals surface area contributed by atoms with Crippen LogP contribution in [0.25, 0.3) is 0 Å². The number of amides is 2. The van der Waals surface area contributed by atoms with Crippen molar-refractivity contribution in [3.63, 3.8) is 0 Å². The summed E-state index contributed by atoms with van der Waals surface area (Å²) in [6, 6.07) is 6.82. The van der Waals surface area contributed by atoms with Crippen LogP contribution in [-0.2, 0) is 4.79 Å². The van der Waals surface area contributed by atoms with E-state index >= 15 is 0 Å². The summed E-state index contributed by atoms with van der Waals surface area (Å²) in [4.78, 5) is 24.7. The van der Waals surface area contributed by atoms with Gasteiger partial charge in [-0.1, -0.05) is 6.92 Å². The highest BCUT2D eigenvalue weighted by Gasteiger charge is 2.36. The number of carbonyl (C=O) groups is 2. The molecule has 0 aliphatic carbocycles. The van der Waals surface area contributed by atoms with Crippen LogP contribution in [-0.4, -0.2) is 41.7 Å². The predicted molar refractivity (Wildman–Crippen MR) is 78.5 cm³/mol. The van der Waals surface area contributed by atoms with E-state index in [9.17, 15) is 9.59 Å². The summed E-state index contributed by atoms with van der Waals surface area (Å²) in [5.41, 5.74) is 0.662. The molecule has 0 saturated carbocycles. The van der Waals surface area contributed by atoms with E-state index in [4.69, 9.17) is 9.84 Å². The number of benzene rings is 1. The van der Waals surface area contributed by atoms with Gasteiger partial charge >= 0.3 is 12.0 Å². The fourth-order valence-corrected chi connectivity index (χ4v) is 2.46. The SMILES string of the molecule is CCOc1ccc(NC(=O)N2CC(C)C(C(=O)O)C2)cc1. The molecule has 2 rings (SSSR count). The lowest BCUT2D eigenvalue weighted by atomic mass is 9.99. The number of anilines is 1. The molecule has 1 heterocycles. The summed E-state index contributed by atoms with van der Waals surface area (Å²) in [6.45, 7) is 5.05. The Morgan fingerprint density at radius 1 is 1.33 bits per heavy atom. The van der Waals surface area contributed by atoms with Crippen LogP contribution in [0.3, 0.4) is 0 Å². The Bertz CT molecular complexity index is 515. The fourth-order valence-electron chi connectivity index (χ4n) is 2.46. The van der Waals surface area contributed by atoms with Crippen molar-refractivity contribution in [3.05, 3.63) is 24.3 Å². The first-order chi connectivity index (χ1) is 10.0. The average molecular weight is 292 g/mol. The number of rotatable bonds is 4. The van der Waals surface area contributed by atoms with Gasteiger partial charge in [0.05, 0.1) is 12.5 Å². The molecule has 6 nitrogen and oxygen atoms in total. The molecular formula is C15H20N2O4. The highest BCUT2D eigenvalue weighted by molar-refractivity contribution is 5.90. The third-order valence-corrected chi connectivity index (χ3v) is 3.63. The molecule has 114 valence electrons. The topological polar surface area (TPSA) is 78.9 Å². The first kappa shape index (κ1) is 15.2. The van der Waals surface area contributed by atoms with Gasteiger partial charge in [-0.3, -0.25) is 4.79 Å². The molecule has 1 aliphatic heterocycles. The fraction of sp³-hybridized carbons (Fsp3) is 0.467. The van der Waals surface area contributed by atoms with E-state index in [1.807, 2.05) is 13.8 Å². The van der Waals surface area contributed by atoms with E-state index in [-0.39, 0.29) is 18.5 Å². The van der Waals surface area contributed by atoms with Gasteiger partial charge in [-0.15, -0.1) is 0 Å². The number of hydrogen-bond donors (Lipinski definition) is 2.